The zero-order chi connectivity index (χ0) is 11.7. The lowest BCUT2D eigenvalue weighted by molar-refractivity contribution is -0.132. The molecule has 0 spiro atoms. The van der Waals surface area contributed by atoms with Gasteiger partial charge in [0.25, 0.3) is 0 Å². The van der Waals surface area contributed by atoms with Gasteiger partial charge in [-0.1, -0.05) is 0 Å². The highest BCUT2D eigenvalue weighted by molar-refractivity contribution is 7.08. The summed E-state index contributed by atoms with van der Waals surface area (Å²) in [5, 5.41) is 8.01. The molecular weight excluding hydrogens is 252 g/mol. The molecule has 0 aromatic carbocycles. The SMILES string of the molecule is O=C1C=C(c2ccsc2)/C(=C\c2ccsc2)O1. The van der Waals surface area contributed by atoms with E-state index in [9.17, 15) is 4.79 Å². The molecule has 0 saturated carbocycles. The number of ether oxygens (including phenoxy) is 1. The van der Waals surface area contributed by atoms with Crippen LogP contribution in [-0.2, 0) is 9.53 Å². The van der Waals surface area contributed by atoms with Crippen LogP contribution in [0, 0.1) is 0 Å². The molecular formula is C13H8O2S2. The van der Waals surface area contributed by atoms with Crippen LogP contribution in [-0.4, -0.2) is 5.97 Å². The second kappa shape index (κ2) is 4.31. The van der Waals surface area contributed by atoms with E-state index in [1.165, 1.54) is 0 Å². The largest absolute Gasteiger partial charge is 0.423 e. The van der Waals surface area contributed by atoms with Gasteiger partial charge in [-0.3, -0.25) is 0 Å². The first kappa shape index (κ1) is 10.5. The van der Waals surface area contributed by atoms with Crippen LogP contribution in [0.15, 0.2) is 45.5 Å². The summed E-state index contributed by atoms with van der Waals surface area (Å²) >= 11 is 3.22. The molecule has 2 aromatic rings. The lowest BCUT2D eigenvalue weighted by Gasteiger charge is -2.01. The Morgan fingerprint density at radius 3 is 2.65 bits per heavy atom. The van der Waals surface area contributed by atoms with E-state index in [-0.39, 0.29) is 5.97 Å². The summed E-state index contributed by atoms with van der Waals surface area (Å²) in [4.78, 5) is 11.4. The Balaban J connectivity index is 2.01. The number of carbonyl (C=O) groups excluding carboxylic acids is 1. The van der Waals surface area contributed by atoms with Crippen molar-refractivity contribution in [3.8, 4) is 0 Å². The minimum absolute atomic E-state index is 0.298. The van der Waals surface area contributed by atoms with Crippen LogP contribution in [0.1, 0.15) is 11.1 Å². The minimum atomic E-state index is -0.298. The fourth-order valence-corrected chi connectivity index (χ4v) is 2.91. The molecule has 1 aliphatic heterocycles. The maximum Gasteiger partial charge on any atom is 0.336 e. The summed E-state index contributed by atoms with van der Waals surface area (Å²) in [6.07, 6.45) is 3.44. The molecule has 3 rings (SSSR count). The summed E-state index contributed by atoms with van der Waals surface area (Å²) in [5.74, 6) is 0.333. The van der Waals surface area contributed by atoms with E-state index >= 15 is 0 Å². The molecule has 3 heterocycles. The van der Waals surface area contributed by atoms with E-state index in [1.807, 2.05) is 39.7 Å². The van der Waals surface area contributed by atoms with Gasteiger partial charge in [0.05, 0.1) is 0 Å². The Hall–Kier alpha value is -1.65. The van der Waals surface area contributed by atoms with Crippen LogP contribution in [0.3, 0.4) is 0 Å². The van der Waals surface area contributed by atoms with Gasteiger partial charge in [-0.2, -0.15) is 22.7 Å². The van der Waals surface area contributed by atoms with E-state index in [1.54, 1.807) is 28.7 Å². The average molecular weight is 260 g/mol. The van der Waals surface area contributed by atoms with Gasteiger partial charge in [0.2, 0.25) is 0 Å². The molecule has 1 aliphatic rings. The molecule has 0 atom stereocenters. The Bertz CT molecular complexity index is 589. The number of hydrogen-bond donors (Lipinski definition) is 0. The molecule has 0 amide bonds. The highest BCUT2D eigenvalue weighted by Gasteiger charge is 2.21. The second-order valence-corrected chi connectivity index (χ2v) is 5.12. The van der Waals surface area contributed by atoms with Crippen LogP contribution in [0.5, 0.6) is 0 Å². The maximum atomic E-state index is 11.4. The van der Waals surface area contributed by atoms with Gasteiger partial charge >= 0.3 is 5.97 Å². The van der Waals surface area contributed by atoms with Crippen molar-refractivity contribution in [2.75, 3.05) is 0 Å². The van der Waals surface area contributed by atoms with Gasteiger partial charge < -0.3 is 4.74 Å². The van der Waals surface area contributed by atoms with E-state index in [0.717, 1.165) is 16.7 Å². The second-order valence-electron chi connectivity index (χ2n) is 3.56. The van der Waals surface area contributed by atoms with E-state index < -0.39 is 0 Å². The van der Waals surface area contributed by atoms with Crippen LogP contribution in [0.4, 0.5) is 0 Å². The molecule has 17 heavy (non-hydrogen) atoms. The number of esters is 1. The first-order chi connectivity index (χ1) is 8.33. The van der Waals surface area contributed by atoms with Crippen molar-refractivity contribution < 1.29 is 9.53 Å². The lowest BCUT2D eigenvalue weighted by atomic mass is 10.1. The Kier molecular flexibility index (Phi) is 2.66. The van der Waals surface area contributed by atoms with E-state index in [0.29, 0.717) is 5.76 Å². The quantitative estimate of drug-likeness (QED) is 0.768. The van der Waals surface area contributed by atoms with Gasteiger partial charge in [-0.25, -0.2) is 4.79 Å². The number of carbonyl (C=O) groups is 1. The Morgan fingerprint density at radius 1 is 1.12 bits per heavy atom. The number of hydrogen-bond acceptors (Lipinski definition) is 4. The molecule has 84 valence electrons. The molecule has 0 radical (unpaired) electrons. The summed E-state index contributed by atoms with van der Waals surface area (Å²) in [5.41, 5.74) is 2.95. The van der Waals surface area contributed by atoms with Crippen molar-refractivity contribution in [3.63, 3.8) is 0 Å². The maximum absolute atomic E-state index is 11.4. The van der Waals surface area contributed by atoms with Crippen molar-refractivity contribution in [1.82, 2.24) is 0 Å². The number of allylic oxidation sites excluding steroid dienone is 1. The van der Waals surface area contributed by atoms with Gasteiger partial charge in [0, 0.05) is 11.6 Å². The van der Waals surface area contributed by atoms with Crippen molar-refractivity contribution in [3.05, 3.63) is 56.6 Å². The fourth-order valence-electron chi connectivity index (χ4n) is 1.64. The highest BCUT2D eigenvalue weighted by atomic mass is 32.1. The van der Waals surface area contributed by atoms with Crippen molar-refractivity contribution in [2.45, 2.75) is 0 Å². The first-order valence-corrected chi connectivity index (χ1v) is 6.92. The summed E-state index contributed by atoms with van der Waals surface area (Å²) in [7, 11) is 0. The van der Waals surface area contributed by atoms with Gasteiger partial charge in [0.1, 0.15) is 5.76 Å². The van der Waals surface area contributed by atoms with E-state index in [4.69, 9.17) is 4.74 Å². The summed E-state index contributed by atoms with van der Waals surface area (Å²) in [6, 6.07) is 3.98. The smallest absolute Gasteiger partial charge is 0.336 e. The van der Waals surface area contributed by atoms with E-state index in [2.05, 4.69) is 0 Å². The third-order valence-corrected chi connectivity index (χ3v) is 3.80. The zero-order valence-electron chi connectivity index (χ0n) is 8.75. The molecule has 0 unspecified atom stereocenters. The standard InChI is InChI=1S/C13H8O2S2/c14-13-6-11(10-2-4-17-8-10)12(15-13)5-9-1-3-16-7-9/h1-8H/b12-5+. The predicted octanol–water partition coefficient (Wildman–Crippen LogP) is 3.79. The van der Waals surface area contributed by atoms with Gasteiger partial charge in [-0.05, 0) is 50.9 Å². The van der Waals surface area contributed by atoms with Gasteiger partial charge in [-0.15, -0.1) is 0 Å². The van der Waals surface area contributed by atoms with Crippen LogP contribution in [0.2, 0.25) is 0 Å². The van der Waals surface area contributed by atoms with Crippen molar-refractivity contribution in [1.29, 1.82) is 0 Å². The van der Waals surface area contributed by atoms with Crippen LogP contribution < -0.4 is 0 Å². The predicted molar refractivity (Wildman–Crippen MR) is 70.7 cm³/mol. The topological polar surface area (TPSA) is 26.3 Å². The molecule has 0 N–H and O–H groups in total. The van der Waals surface area contributed by atoms with Crippen molar-refractivity contribution in [2.24, 2.45) is 0 Å². The zero-order valence-corrected chi connectivity index (χ0v) is 10.4. The molecule has 2 nitrogen and oxygen atoms in total. The monoisotopic (exact) mass is 260 g/mol. The van der Waals surface area contributed by atoms with Crippen LogP contribution in [0.25, 0.3) is 11.6 Å². The van der Waals surface area contributed by atoms with Crippen molar-refractivity contribution >= 4 is 40.3 Å². The van der Waals surface area contributed by atoms with Crippen LogP contribution >= 0.6 is 22.7 Å². The molecule has 0 saturated heterocycles. The molecule has 0 bridgehead atoms. The third-order valence-electron chi connectivity index (χ3n) is 2.41. The highest BCUT2D eigenvalue weighted by Crippen LogP contribution is 2.32. The normalized spacial score (nSPS) is 17.3. The number of thiophene rings is 2. The Morgan fingerprint density at radius 2 is 1.94 bits per heavy atom. The lowest BCUT2D eigenvalue weighted by Crippen LogP contribution is -1.90. The Labute approximate surface area is 106 Å². The summed E-state index contributed by atoms with van der Waals surface area (Å²) in [6.45, 7) is 0. The molecule has 2 aromatic heterocycles. The first-order valence-electron chi connectivity index (χ1n) is 5.03. The summed E-state index contributed by atoms with van der Waals surface area (Å²) < 4.78 is 5.21. The number of cyclic esters (lactones) is 1. The average Bonchev–Trinajstić information content (AvgIpc) is 3.00. The molecule has 0 aliphatic carbocycles. The minimum Gasteiger partial charge on any atom is -0.423 e. The number of rotatable bonds is 2. The third kappa shape index (κ3) is 2.09. The van der Waals surface area contributed by atoms with Gasteiger partial charge in [0.15, 0.2) is 0 Å². The molecule has 0 fully saturated rings. The fraction of sp³-hybridized carbons (Fsp3) is 0. The molecule has 4 heteroatoms.